The number of sulfonamides is 1. The Bertz CT molecular complexity index is 1060. The molecule has 0 saturated heterocycles. The maximum Gasteiger partial charge on any atom is 0.264 e. The van der Waals surface area contributed by atoms with E-state index in [1.54, 1.807) is 66.7 Å². The van der Waals surface area contributed by atoms with E-state index >= 15 is 0 Å². The van der Waals surface area contributed by atoms with Crippen molar-refractivity contribution in [1.82, 2.24) is 0 Å². The van der Waals surface area contributed by atoms with Gasteiger partial charge in [0.2, 0.25) is 0 Å². The molecule has 0 saturated carbocycles. The van der Waals surface area contributed by atoms with Gasteiger partial charge in [-0.05, 0) is 48.5 Å². The molecule has 0 aliphatic carbocycles. The summed E-state index contributed by atoms with van der Waals surface area (Å²) in [5, 5.41) is 11.1. The first kappa shape index (κ1) is 22.0. The highest BCUT2D eigenvalue weighted by molar-refractivity contribution is 7.92. The van der Waals surface area contributed by atoms with Crippen LogP contribution in [0.2, 0.25) is 5.02 Å². The summed E-state index contributed by atoms with van der Waals surface area (Å²) >= 11 is 5.86. The molecule has 1 N–H and O–H groups in total. The zero-order valence-corrected chi connectivity index (χ0v) is 17.9. The van der Waals surface area contributed by atoms with E-state index in [0.29, 0.717) is 22.2 Å². The quantitative estimate of drug-likeness (QED) is 0.537. The number of nitrogens with zero attached hydrogens (tertiary/aromatic N) is 1. The fourth-order valence-electron chi connectivity index (χ4n) is 2.85. The zero-order valence-electron chi connectivity index (χ0n) is 16.3. The van der Waals surface area contributed by atoms with E-state index in [4.69, 9.17) is 21.1 Å². The smallest absolute Gasteiger partial charge is 0.264 e. The van der Waals surface area contributed by atoms with Crippen LogP contribution in [0.1, 0.15) is 0 Å². The number of aliphatic hydroxyl groups is 1. The summed E-state index contributed by atoms with van der Waals surface area (Å²) in [5.74, 6) is 0.899. The normalized spacial score (nSPS) is 12.2. The number of ether oxygens (including phenoxy) is 2. The SMILES string of the molecule is COc1ccccc1N(C[C@H](O)COc1ccc(Cl)cc1)S(=O)(=O)c1ccccc1. The second-order valence-electron chi connectivity index (χ2n) is 6.44. The Labute approximate surface area is 181 Å². The molecule has 0 amide bonds. The molecule has 0 aliphatic heterocycles. The number of rotatable bonds is 9. The molecule has 30 heavy (non-hydrogen) atoms. The molecule has 0 unspecified atom stereocenters. The molecule has 0 radical (unpaired) electrons. The van der Waals surface area contributed by atoms with Crippen LogP contribution in [0.3, 0.4) is 0 Å². The number of benzene rings is 3. The van der Waals surface area contributed by atoms with E-state index < -0.39 is 16.1 Å². The molecular formula is C22H22ClNO5S. The number of para-hydroxylation sites is 2. The third kappa shape index (κ3) is 5.24. The van der Waals surface area contributed by atoms with Crippen LogP contribution in [0.25, 0.3) is 0 Å². The number of halogens is 1. The molecule has 0 fully saturated rings. The van der Waals surface area contributed by atoms with Crippen LogP contribution in [0.4, 0.5) is 5.69 Å². The lowest BCUT2D eigenvalue weighted by Gasteiger charge is -2.28. The van der Waals surface area contributed by atoms with Gasteiger partial charge in [0.05, 0.1) is 24.2 Å². The summed E-state index contributed by atoms with van der Waals surface area (Å²) < 4.78 is 38.8. The maximum absolute atomic E-state index is 13.4. The Kier molecular flexibility index (Phi) is 7.20. The summed E-state index contributed by atoms with van der Waals surface area (Å²) in [6.07, 6.45) is -1.09. The van der Waals surface area contributed by atoms with Crippen LogP contribution < -0.4 is 13.8 Å². The van der Waals surface area contributed by atoms with Gasteiger partial charge in [0.1, 0.15) is 24.2 Å². The first-order valence-electron chi connectivity index (χ1n) is 9.19. The molecule has 3 aromatic rings. The molecular weight excluding hydrogens is 426 g/mol. The summed E-state index contributed by atoms with van der Waals surface area (Å²) in [6.45, 7) is -0.317. The van der Waals surface area contributed by atoms with Gasteiger partial charge in [-0.1, -0.05) is 41.9 Å². The number of hydrogen-bond acceptors (Lipinski definition) is 5. The number of methoxy groups -OCH3 is 1. The Morgan fingerprint density at radius 2 is 1.60 bits per heavy atom. The Morgan fingerprint density at radius 1 is 0.967 bits per heavy atom. The van der Waals surface area contributed by atoms with Gasteiger partial charge >= 0.3 is 0 Å². The minimum Gasteiger partial charge on any atom is -0.495 e. The lowest BCUT2D eigenvalue weighted by Crippen LogP contribution is -2.40. The maximum atomic E-state index is 13.4. The fourth-order valence-corrected chi connectivity index (χ4v) is 4.51. The second-order valence-corrected chi connectivity index (χ2v) is 8.74. The first-order valence-corrected chi connectivity index (χ1v) is 11.0. The predicted molar refractivity (Wildman–Crippen MR) is 117 cm³/mol. The molecule has 0 aromatic heterocycles. The van der Waals surface area contributed by atoms with Gasteiger partial charge in [-0.25, -0.2) is 8.42 Å². The Balaban J connectivity index is 1.87. The van der Waals surface area contributed by atoms with Gasteiger partial charge in [-0.3, -0.25) is 4.31 Å². The average Bonchev–Trinajstić information content (AvgIpc) is 2.77. The van der Waals surface area contributed by atoms with Gasteiger partial charge in [-0.15, -0.1) is 0 Å². The summed E-state index contributed by atoms with van der Waals surface area (Å²) in [4.78, 5) is 0.113. The van der Waals surface area contributed by atoms with E-state index in [1.165, 1.54) is 19.2 Å². The molecule has 3 rings (SSSR count). The van der Waals surface area contributed by atoms with Crippen LogP contribution in [-0.4, -0.2) is 39.9 Å². The molecule has 0 aliphatic rings. The molecule has 0 bridgehead atoms. The van der Waals surface area contributed by atoms with Crippen molar-refractivity contribution in [3.8, 4) is 11.5 Å². The highest BCUT2D eigenvalue weighted by atomic mass is 35.5. The second kappa shape index (κ2) is 9.84. The van der Waals surface area contributed by atoms with Gasteiger partial charge < -0.3 is 14.6 Å². The summed E-state index contributed by atoms with van der Waals surface area (Å²) in [6, 6.07) is 21.5. The van der Waals surface area contributed by atoms with E-state index in [1.807, 2.05) is 0 Å². The van der Waals surface area contributed by atoms with Crippen molar-refractivity contribution in [3.63, 3.8) is 0 Å². The summed E-state index contributed by atoms with van der Waals surface area (Å²) in [5.41, 5.74) is 0.328. The standard InChI is InChI=1S/C22H22ClNO5S/c1-28-22-10-6-5-9-21(22)24(30(26,27)20-7-3-2-4-8-20)15-18(25)16-29-19-13-11-17(23)12-14-19/h2-14,18,25H,15-16H2,1H3/t18-/m0/s1. The predicted octanol–water partition coefficient (Wildman–Crippen LogP) is 3.98. The monoisotopic (exact) mass is 447 g/mol. The van der Waals surface area contributed by atoms with E-state index in [-0.39, 0.29) is 18.0 Å². The lowest BCUT2D eigenvalue weighted by molar-refractivity contribution is 0.115. The lowest BCUT2D eigenvalue weighted by atomic mass is 10.2. The fraction of sp³-hybridized carbons (Fsp3) is 0.182. The molecule has 0 spiro atoms. The molecule has 6 nitrogen and oxygen atoms in total. The van der Waals surface area contributed by atoms with E-state index in [0.717, 1.165) is 4.31 Å². The number of aliphatic hydroxyl groups excluding tert-OH is 1. The van der Waals surface area contributed by atoms with Crippen molar-refractivity contribution in [1.29, 1.82) is 0 Å². The van der Waals surface area contributed by atoms with Crippen LogP contribution in [0, 0.1) is 0 Å². The molecule has 158 valence electrons. The highest BCUT2D eigenvalue weighted by Gasteiger charge is 2.29. The van der Waals surface area contributed by atoms with Gasteiger partial charge in [0.25, 0.3) is 10.0 Å². The molecule has 1 atom stereocenters. The van der Waals surface area contributed by atoms with Crippen LogP contribution in [0.5, 0.6) is 11.5 Å². The molecule has 0 heterocycles. The minimum absolute atomic E-state index is 0.0996. The average molecular weight is 448 g/mol. The summed E-state index contributed by atoms with van der Waals surface area (Å²) in [7, 11) is -2.49. The highest BCUT2D eigenvalue weighted by Crippen LogP contribution is 2.32. The number of anilines is 1. The van der Waals surface area contributed by atoms with E-state index in [9.17, 15) is 13.5 Å². The van der Waals surface area contributed by atoms with Gasteiger partial charge in [-0.2, -0.15) is 0 Å². The van der Waals surface area contributed by atoms with Crippen LogP contribution in [0.15, 0.2) is 83.8 Å². The number of hydrogen-bond donors (Lipinski definition) is 1. The van der Waals surface area contributed by atoms with Crippen LogP contribution >= 0.6 is 11.6 Å². The van der Waals surface area contributed by atoms with Crippen molar-refractivity contribution in [2.75, 3.05) is 24.6 Å². The van der Waals surface area contributed by atoms with Crippen molar-refractivity contribution in [2.24, 2.45) is 0 Å². The topological polar surface area (TPSA) is 76.1 Å². The minimum atomic E-state index is -3.95. The largest absolute Gasteiger partial charge is 0.495 e. The van der Waals surface area contributed by atoms with Crippen molar-refractivity contribution in [3.05, 3.63) is 83.9 Å². The van der Waals surface area contributed by atoms with Crippen molar-refractivity contribution < 1.29 is 23.0 Å². The van der Waals surface area contributed by atoms with Crippen LogP contribution in [-0.2, 0) is 10.0 Å². The van der Waals surface area contributed by atoms with Crippen molar-refractivity contribution in [2.45, 2.75) is 11.0 Å². The Hall–Kier alpha value is -2.74. The third-order valence-electron chi connectivity index (χ3n) is 4.32. The van der Waals surface area contributed by atoms with Gasteiger partial charge in [0, 0.05) is 5.02 Å². The first-order chi connectivity index (χ1) is 14.4. The Morgan fingerprint density at radius 3 is 2.27 bits per heavy atom. The molecule has 8 heteroatoms. The van der Waals surface area contributed by atoms with Crippen molar-refractivity contribution >= 4 is 27.3 Å². The van der Waals surface area contributed by atoms with E-state index in [2.05, 4.69) is 0 Å². The van der Waals surface area contributed by atoms with Gasteiger partial charge in [0.15, 0.2) is 0 Å². The molecule has 3 aromatic carbocycles. The third-order valence-corrected chi connectivity index (χ3v) is 6.36. The zero-order chi connectivity index (χ0) is 21.6.